The second-order valence-corrected chi connectivity index (χ2v) is 6.40. The van der Waals surface area contributed by atoms with Gasteiger partial charge in [0.25, 0.3) is 5.56 Å². The van der Waals surface area contributed by atoms with Crippen LogP contribution in [0.4, 0.5) is 5.95 Å². The number of allylic oxidation sites excluding steroid dienone is 2. The summed E-state index contributed by atoms with van der Waals surface area (Å²) in [6.07, 6.45) is 9.06. The van der Waals surface area contributed by atoms with Crippen LogP contribution >= 0.6 is 0 Å². The molecule has 23 heavy (non-hydrogen) atoms. The van der Waals surface area contributed by atoms with E-state index in [1.54, 1.807) is 0 Å². The number of nitrogens with one attached hydrogen (secondary N) is 2. The lowest BCUT2D eigenvalue weighted by Gasteiger charge is -2.22. The van der Waals surface area contributed by atoms with E-state index in [0.29, 0.717) is 11.6 Å². The van der Waals surface area contributed by atoms with E-state index >= 15 is 0 Å². The molecule has 2 N–H and O–H groups in total. The molecule has 0 aromatic carbocycles. The largest absolute Gasteiger partial charge is 0.348 e. The number of carbonyl (C=O) groups is 1. The highest BCUT2D eigenvalue weighted by Crippen LogP contribution is 2.20. The van der Waals surface area contributed by atoms with Crippen LogP contribution in [-0.4, -0.2) is 29.0 Å². The van der Waals surface area contributed by atoms with Crippen LogP contribution in [0.2, 0.25) is 0 Å². The fourth-order valence-electron chi connectivity index (χ4n) is 3.20. The zero-order valence-corrected chi connectivity index (χ0v) is 13.5. The van der Waals surface area contributed by atoms with Crippen LogP contribution in [0, 0.1) is 5.92 Å². The molecule has 1 saturated heterocycles. The van der Waals surface area contributed by atoms with Crippen molar-refractivity contribution in [3.05, 3.63) is 34.3 Å². The Morgan fingerprint density at radius 3 is 2.87 bits per heavy atom. The second-order valence-electron chi connectivity index (χ2n) is 6.40. The number of H-pyrrole nitrogens is 1. The Labute approximate surface area is 136 Å². The van der Waals surface area contributed by atoms with Crippen LogP contribution in [0.3, 0.4) is 0 Å². The highest BCUT2D eigenvalue weighted by atomic mass is 16.2. The molecule has 1 aliphatic heterocycles. The lowest BCUT2D eigenvalue weighted by Crippen LogP contribution is -2.34. The summed E-state index contributed by atoms with van der Waals surface area (Å²) >= 11 is 0. The topological polar surface area (TPSA) is 78.1 Å². The molecule has 1 amide bonds. The van der Waals surface area contributed by atoms with Gasteiger partial charge in [-0.05, 0) is 39.0 Å². The molecule has 1 aliphatic carbocycles. The minimum atomic E-state index is -0.267. The molecule has 124 valence electrons. The molecule has 0 saturated carbocycles. The van der Waals surface area contributed by atoms with Crippen LogP contribution in [-0.2, 0) is 4.79 Å². The summed E-state index contributed by atoms with van der Waals surface area (Å²) in [4.78, 5) is 33.7. The lowest BCUT2D eigenvalue weighted by molar-refractivity contribution is -0.125. The van der Waals surface area contributed by atoms with Gasteiger partial charge in [-0.3, -0.25) is 14.6 Å². The van der Waals surface area contributed by atoms with Gasteiger partial charge in [0.2, 0.25) is 11.9 Å². The number of aromatic amines is 1. The predicted molar refractivity (Wildman–Crippen MR) is 89.3 cm³/mol. The summed E-state index contributed by atoms with van der Waals surface area (Å²) in [6, 6.07) is 1.21. The smallest absolute Gasteiger partial charge is 0.252 e. The van der Waals surface area contributed by atoms with Crippen molar-refractivity contribution < 1.29 is 4.79 Å². The van der Waals surface area contributed by atoms with Gasteiger partial charge in [-0.15, -0.1) is 0 Å². The minimum absolute atomic E-state index is 0.0301. The monoisotopic (exact) mass is 316 g/mol. The van der Waals surface area contributed by atoms with Crippen molar-refractivity contribution in [1.29, 1.82) is 0 Å². The fraction of sp³-hybridized carbons (Fsp3) is 0.588. The average molecular weight is 316 g/mol. The first kappa shape index (κ1) is 15.8. The maximum absolute atomic E-state index is 12.3. The van der Waals surface area contributed by atoms with Crippen LogP contribution < -0.4 is 15.8 Å². The number of nitrogens with zero attached hydrogens (tertiary/aromatic N) is 2. The molecule has 6 heteroatoms. The zero-order valence-electron chi connectivity index (χ0n) is 13.5. The van der Waals surface area contributed by atoms with E-state index in [0.717, 1.165) is 45.2 Å². The van der Waals surface area contributed by atoms with Gasteiger partial charge in [0, 0.05) is 25.1 Å². The van der Waals surface area contributed by atoms with E-state index in [4.69, 9.17) is 0 Å². The standard InChI is InChI=1S/C17H24N4O2/c1-12(18-16(23)13-7-3-2-4-8-13)14-11-15(22)20-17(19-14)21-9-5-6-10-21/h2-3,11-13H,4-10H2,1H3,(H,18,23)(H,19,20,22)/t12-,13-/m0/s1. The summed E-state index contributed by atoms with van der Waals surface area (Å²) in [6.45, 7) is 3.72. The Bertz CT molecular complexity index is 646. The van der Waals surface area contributed by atoms with Crippen LogP contribution in [0.15, 0.2) is 23.0 Å². The highest BCUT2D eigenvalue weighted by molar-refractivity contribution is 5.79. The molecule has 2 atom stereocenters. The average Bonchev–Trinajstić information content (AvgIpc) is 3.09. The molecule has 2 aliphatic rings. The van der Waals surface area contributed by atoms with Crippen molar-refractivity contribution >= 4 is 11.9 Å². The van der Waals surface area contributed by atoms with Crippen molar-refractivity contribution in [2.24, 2.45) is 5.92 Å². The van der Waals surface area contributed by atoms with Crippen LogP contribution in [0.5, 0.6) is 0 Å². The molecule has 1 fully saturated rings. The molecule has 0 spiro atoms. The van der Waals surface area contributed by atoms with Crippen molar-refractivity contribution in [2.75, 3.05) is 18.0 Å². The maximum atomic E-state index is 12.3. The fourth-order valence-corrected chi connectivity index (χ4v) is 3.20. The molecule has 0 radical (unpaired) electrons. The molecule has 1 aromatic rings. The second kappa shape index (κ2) is 6.98. The first-order chi connectivity index (χ1) is 11.1. The van der Waals surface area contributed by atoms with Gasteiger partial charge < -0.3 is 10.2 Å². The van der Waals surface area contributed by atoms with Gasteiger partial charge in [-0.25, -0.2) is 4.98 Å². The number of aromatic nitrogens is 2. The number of hydrogen-bond donors (Lipinski definition) is 2. The quantitative estimate of drug-likeness (QED) is 0.832. The van der Waals surface area contributed by atoms with Crippen LogP contribution in [0.1, 0.15) is 50.8 Å². The summed E-state index contributed by atoms with van der Waals surface area (Å²) in [5.41, 5.74) is 0.453. The third-order valence-electron chi connectivity index (χ3n) is 4.60. The number of rotatable bonds is 4. The lowest BCUT2D eigenvalue weighted by atomic mass is 9.93. The maximum Gasteiger partial charge on any atom is 0.252 e. The SMILES string of the molecule is C[C@H](NC(=O)[C@H]1CC=CCC1)c1cc(=O)[nH]c(N2CCCC2)n1. The van der Waals surface area contributed by atoms with Gasteiger partial charge in [0.05, 0.1) is 11.7 Å². The summed E-state index contributed by atoms with van der Waals surface area (Å²) in [5.74, 6) is 0.695. The number of hydrogen-bond acceptors (Lipinski definition) is 4. The molecular weight excluding hydrogens is 292 g/mol. The molecule has 0 bridgehead atoms. The highest BCUT2D eigenvalue weighted by Gasteiger charge is 2.22. The first-order valence-corrected chi connectivity index (χ1v) is 8.45. The Morgan fingerprint density at radius 1 is 1.39 bits per heavy atom. The van der Waals surface area contributed by atoms with Gasteiger partial charge in [-0.2, -0.15) is 0 Å². The van der Waals surface area contributed by atoms with Crippen molar-refractivity contribution in [2.45, 2.75) is 45.1 Å². The van der Waals surface area contributed by atoms with Crippen molar-refractivity contribution in [3.8, 4) is 0 Å². The first-order valence-electron chi connectivity index (χ1n) is 8.45. The normalized spacial score (nSPS) is 22.1. The number of amides is 1. The Kier molecular flexibility index (Phi) is 4.79. The third-order valence-corrected chi connectivity index (χ3v) is 4.60. The molecule has 6 nitrogen and oxygen atoms in total. The van der Waals surface area contributed by atoms with Gasteiger partial charge >= 0.3 is 0 Å². The predicted octanol–water partition coefficient (Wildman–Crippen LogP) is 1.90. The Balaban J connectivity index is 1.71. The zero-order chi connectivity index (χ0) is 16.2. The Morgan fingerprint density at radius 2 is 2.17 bits per heavy atom. The molecule has 2 heterocycles. The summed E-state index contributed by atoms with van der Waals surface area (Å²) in [5, 5.41) is 3.00. The van der Waals surface area contributed by atoms with Gasteiger partial charge in [-0.1, -0.05) is 12.2 Å². The van der Waals surface area contributed by atoms with E-state index in [-0.39, 0.29) is 23.4 Å². The van der Waals surface area contributed by atoms with Crippen LogP contribution in [0.25, 0.3) is 0 Å². The summed E-state index contributed by atoms with van der Waals surface area (Å²) < 4.78 is 0. The van der Waals surface area contributed by atoms with Gasteiger partial charge in [0.1, 0.15) is 0 Å². The number of carbonyl (C=O) groups excluding carboxylic acids is 1. The van der Waals surface area contributed by atoms with E-state index in [2.05, 4.69) is 32.3 Å². The molecule has 3 rings (SSSR count). The van der Waals surface area contributed by atoms with Gasteiger partial charge in [0.15, 0.2) is 0 Å². The van der Waals surface area contributed by atoms with E-state index in [1.807, 2.05) is 6.92 Å². The van der Waals surface area contributed by atoms with E-state index in [1.165, 1.54) is 6.07 Å². The third kappa shape index (κ3) is 3.81. The van der Waals surface area contributed by atoms with E-state index < -0.39 is 0 Å². The number of anilines is 1. The molecule has 0 unspecified atom stereocenters. The summed E-state index contributed by atoms with van der Waals surface area (Å²) in [7, 11) is 0. The molecular formula is C17H24N4O2. The Hall–Kier alpha value is -2.11. The minimum Gasteiger partial charge on any atom is -0.348 e. The van der Waals surface area contributed by atoms with E-state index in [9.17, 15) is 9.59 Å². The molecule has 1 aromatic heterocycles. The van der Waals surface area contributed by atoms with Crippen molar-refractivity contribution in [1.82, 2.24) is 15.3 Å². The van der Waals surface area contributed by atoms with Crippen molar-refractivity contribution in [3.63, 3.8) is 0 Å².